The van der Waals surface area contributed by atoms with Crippen molar-refractivity contribution in [2.45, 2.75) is 12.8 Å². The maximum atomic E-state index is 10.8. The Balaban J connectivity index is 1.78. The first-order chi connectivity index (χ1) is 10.1. The van der Waals surface area contributed by atoms with Gasteiger partial charge in [0.2, 0.25) is 0 Å². The van der Waals surface area contributed by atoms with Crippen molar-refractivity contribution in [2.75, 3.05) is 31.6 Å². The second-order valence-electron chi connectivity index (χ2n) is 5.48. The van der Waals surface area contributed by atoms with Crippen LogP contribution in [0.25, 0.3) is 11.1 Å². The molecule has 1 aromatic heterocycles. The molecule has 7 nitrogen and oxygen atoms in total. The van der Waals surface area contributed by atoms with E-state index in [0.717, 1.165) is 32.5 Å². The summed E-state index contributed by atoms with van der Waals surface area (Å²) in [5.41, 5.74) is 1.12. The van der Waals surface area contributed by atoms with Gasteiger partial charge < -0.3 is 14.6 Å². The lowest BCUT2D eigenvalue weighted by molar-refractivity contribution is -0.384. The van der Waals surface area contributed by atoms with Crippen LogP contribution in [0.1, 0.15) is 12.8 Å². The Morgan fingerprint density at radius 2 is 2.24 bits per heavy atom. The summed E-state index contributed by atoms with van der Waals surface area (Å²) in [6.45, 7) is 2.99. The number of nitro benzene ring substituents is 1. The topological polar surface area (TPSA) is 84.4 Å². The molecule has 0 spiro atoms. The molecule has 0 saturated carbocycles. The summed E-state index contributed by atoms with van der Waals surface area (Å²) in [6.07, 6.45) is 2.30. The Morgan fingerprint density at radius 3 is 2.95 bits per heavy atom. The van der Waals surface area contributed by atoms with Gasteiger partial charge >= 0.3 is 0 Å². The Hall–Kier alpha value is -2.15. The molecule has 1 aromatic carbocycles. The molecule has 1 saturated heterocycles. The van der Waals surface area contributed by atoms with E-state index < -0.39 is 4.92 Å². The van der Waals surface area contributed by atoms with Crippen molar-refractivity contribution in [1.82, 2.24) is 10.3 Å². The molecule has 21 heavy (non-hydrogen) atoms. The largest absolute Gasteiger partial charge is 0.423 e. The zero-order chi connectivity index (χ0) is 14.8. The second kappa shape index (κ2) is 5.69. The van der Waals surface area contributed by atoms with Gasteiger partial charge in [-0.2, -0.15) is 4.98 Å². The molecule has 0 amide bonds. The van der Waals surface area contributed by atoms with Crippen LogP contribution in [0.2, 0.25) is 0 Å². The van der Waals surface area contributed by atoms with E-state index >= 15 is 0 Å². The molecule has 3 rings (SSSR count). The standard InChI is InChI=1S/C14H18N4O3/c1-17(9-10-4-6-15-7-5-10)14-16-12-3-2-11(18(19)20)8-13(12)21-14/h2-3,8,10,15H,4-7,9H2,1H3. The minimum Gasteiger partial charge on any atom is -0.423 e. The van der Waals surface area contributed by atoms with E-state index in [0.29, 0.717) is 23.0 Å². The zero-order valence-electron chi connectivity index (χ0n) is 11.9. The van der Waals surface area contributed by atoms with E-state index in [1.807, 2.05) is 11.9 Å². The van der Waals surface area contributed by atoms with E-state index in [1.165, 1.54) is 12.1 Å². The van der Waals surface area contributed by atoms with Crippen LogP contribution < -0.4 is 10.2 Å². The number of fused-ring (bicyclic) bond motifs is 1. The first kappa shape index (κ1) is 13.8. The molecule has 7 heteroatoms. The molecule has 0 radical (unpaired) electrons. The highest BCUT2D eigenvalue weighted by Crippen LogP contribution is 2.26. The van der Waals surface area contributed by atoms with Crippen LogP contribution in [0.5, 0.6) is 0 Å². The summed E-state index contributed by atoms with van der Waals surface area (Å²) in [5, 5.41) is 14.1. The third-order valence-electron chi connectivity index (χ3n) is 3.89. The van der Waals surface area contributed by atoms with E-state index in [1.54, 1.807) is 6.07 Å². The number of benzene rings is 1. The summed E-state index contributed by atoms with van der Waals surface area (Å²) in [7, 11) is 1.95. The predicted octanol–water partition coefficient (Wildman–Crippen LogP) is 2.17. The summed E-state index contributed by atoms with van der Waals surface area (Å²) >= 11 is 0. The smallest absolute Gasteiger partial charge is 0.298 e. The minimum absolute atomic E-state index is 0.0196. The fourth-order valence-corrected chi connectivity index (χ4v) is 2.71. The van der Waals surface area contributed by atoms with Crippen molar-refractivity contribution < 1.29 is 9.34 Å². The third-order valence-corrected chi connectivity index (χ3v) is 3.89. The fourth-order valence-electron chi connectivity index (χ4n) is 2.71. The van der Waals surface area contributed by atoms with Crippen LogP contribution in [0.15, 0.2) is 22.6 Å². The quantitative estimate of drug-likeness (QED) is 0.686. The second-order valence-corrected chi connectivity index (χ2v) is 5.48. The number of nitro groups is 1. The van der Waals surface area contributed by atoms with Gasteiger partial charge in [-0.15, -0.1) is 0 Å². The number of aromatic nitrogens is 1. The van der Waals surface area contributed by atoms with Gasteiger partial charge in [-0.05, 0) is 37.9 Å². The van der Waals surface area contributed by atoms with Crippen LogP contribution >= 0.6 is 0 Å². The first-order valence-electron chi connectivity index (χ1n) is 7.10. The molecule has 0 bridgehead atoms. The SMILES string of the molecule is CN(CC1CCNCC1)c1nc2ccc([N+](=O)[O-])cc2o1. The van der Waals surface area contributed by atoms with Crippen molar-refractivity contribution in [1.29, 1.82) is 0 Å². The van der Waals surface area contributed by atoms with Crippen molar-refractivity contribution in [3.63, 3.8) is 0 Å². The van der Waals surface area contributed by atoms with Crippen LogP contribution in [0, 0.1) is 16.0 Å². The van der Waals surface area contributed by atoms with E-state index in [2.05, 4.69) is 10.3 Å². The number of hydrogen-bond acceptors (Lipinski definition) is 6. The fraction of sp³-hybridized carbons (Fsp3) is 0.500. The average molecular weight is 290 g/mol. The molecular weight excluding hydrogens is 272 g/mol. The Labute approximate surface area is 122 Å². The lowest BCUT2D eigenvalue weighted by Crippen LogP contribution is -2.34. The number of anilines is 1. The summed E-state index contributed by atoms with van der Waals surface area (Å²) < 4.78 is 5.66. The minimum atomic E-state index is -0.430. The molecule has 0 unspecified atom stereocenters. The number of nitrogens with zero attached hydrogens (tertiary/aromatic N) is 3. The van der Waals surface area contributed by atoms with E-state index in [4.69, 9.17) is 4.42 Å². The van der Waals surface area contributed by atoms with Gasteiger partial charge in [0.1, 0.15) is 5.52 Å². The predicted molar refractivity (Wildman–Crippen MR) is 79.5 cm³/mol. The van der Waals surface area contributed by atoms with Crippen molar-refractivity contribution in [3.05, 3.63) is 28.3 Å². The highest BCUT2D eigenvalue weighted by atomic mass is 16.6. The molecule has 1 aliphatic heterocycles. The van der Waals surface area contributed by atoms with E-state index in [9.17, 15) is 10.1 Å². The number of non-ortho nitro benzene ring substituents is 1. The van der Waals surface area contributed by atoms with Crippen LogP contribution in [0.3, 0.4) is 0 Å². The molecular formula is C14H18N4O3. The van der Waals surface area contributed by atoms with Crippen LogP contribution in [-0.4, -0.2) is 36.6 Å². The zero-order valence-corrected chi connectivity index (χ0v) is 11.9. The van der Waals surface area contributed by atoms with Gasteiger partial charge in [0, 0.05) is 19.7 Å². The van der Waals surface area contributed by atoms with Crippen molar-refractivity contribution in [2.24, 2.45) is 5.92 Å². The maximum absolute atomic E-state index is 10.8. The lowest BCUT2D eigenvalue weighted by atomic mass is 9.98. The highest BCUT2D eigenvalue weighted by Gasteiger charge is 2.19. The molecule has 1 aliphatic rings. The van der Waals surface area contributed by atoms with Crippen LogP contribution in [-0.2, 0) is 0 Å². The Morgan fingerprint density at radius 1 is 1.48 bits per heavy atom. The molecule has 1 N–H and O–H groups in total. The summed E-state index contributed by atoms with van der Waals surface area (Å²) in [6, 6.07) is 5.01. The molecule has 0 atom stereocenters. The van der Waals surface area contributed by atoms with Crippen LogP contribution in [0.4, 0.5) is 11.7 Å². The third kappa shape index (κ3) is 2.97. The summed E-state index contributed by atoms with van der Waals surface area (Å²) in [4.78, 5) is 16.7. The Bertz CT molecular complexity index is 649. The van der Waals surface area contributed by atoms with Gasteiger partial charge in [0.25, 0.3) is 11.7 Å². The van der Waals surface area contributed by atoms with Crippen molar-refractivity contribution in [3.8, 4) is 0 Å². The lowest BCUT2D eigenvalue weighted by Gasteiger charge is -2.26. The molecule has 1 fully saturated rings. The number of hydrogen-bond donors (Lipinski definition) is 1. The number of rotatable bonds is 4. The van der Waals surface area contributed by atoms with Gasteiger partial charge in [-0.25, -0.2) is 0 Å². The normalized spacial score (nSPS) is 16.2. The number of nitrogens with one attached hydrogen (secondary N) is 1. The molecule has 0 aliphatic carbocycles. The first-order valence-corrected chi connectivity index (χ1v) is 7.10. The maximum Gasteiger partial charge on any atom is 0.298 e. The molecule has 2 heterocycles. The van der Waals surface area contributed by atoms with Gasteiger partial charge in [0.05, 0.1) is 11.0 Å². The highest BCUT2D eigenvalue weighted by molar-refractivity contribution is 5.77. The Kier molecular flexibility index (Phi) is 3.74. The van der Waals surface area contributed by atoms with Gasteiger partial charge in [0.15, 0.2) is 5.58 Å². The molecule has 112 valence electrons. The summed E-state index contributed by atoms with van der Waals surface area (Å²) in [5.74, 6) is 0.626. The van der Waals surface area contributed by atoms with Crippen molar-refractivity contribution >= 4 is 22.8 Å². The number of piperidine rings is 1. The average Bonchev–Trinajstić information content (AvgIpc) is 2.91. The van der Waals surface area contributed by atoms with Gasteiger partial charge in [-0.3, -0.25) is 10.1 Å². The molecule has 2 aromatic rings. The number of oxazole rings is 1. The monoisotopic (exact) mass is 290 g/mol. The van der Waals surface area contributed by atoms with Gasteiger partial charge in [-0.1, -0.05) is 0 Å². The van der Waals surface area contributed by atoms with E-state index in [-0.39, 0.29) is 5.69 Å².